The van der Waals surface area contributed by atoms with Crippen LogP contribution < -0.4 is 4.74 Å². The second kappa shape index (κ2) is 11.4. The Morgan fingerprint density at radius 2 is 1.93 bits per heavy atom. The molecule has 1 saturated carbocycles. The van der Waals surface area contributed by atoms with Crippen LogP contribution in [0.25, 0.3) is 0 Å². The standard InChI is InChI=1S/C22H31ClO5/c1-15-10-16(2)12-17(11-15)28-14-19-18(20(23)13-21(19)25)6-4-3-5-7-22(26)27-9-8-24/h3-4,10-12,18-21,24-25H,5-9,13-14H2,1-2H3/b4-3-/t18-,19-,20-,21-/m1/s1. The van der Waals surface area contributed by atoms with Crippen molar-refractivity contribution >= 4 is 17.6 Å². The highest BCUT2D eigenvalue weighted by Gasteiger charge is 2.41. The molecule has 1 aliphatic carbocycles. The molecule has 1 aliphatic rings. The van der Waals surface area contributed by atoms with Gasteiger partial charge in [-0.2, -0.15) is 0 Å². The summed E-state index contributed by atoms with van der Waals surface area (Å²) in [5, 5.41) is 18.9. The van der Waals surface area contributed by atoms with E-state index in [9.17, 15) is 9.90 Å². The number of esters is 1. The summed E-state index contributed by atoms with van der Waals surface area (Å²) in [6.45, 7) is 4.38. The monoisotopic (exact) mass is 410 g/mol. The van der Waals surface area contributed by atoms with E-state index in [1.54, 1.807) is 0 Å². The maximum absolute atomic E-state index is 11.4. The normalized spacial score (nSPS) is 24.6. The largest absolute Gasteiger partial charge is 0.493 e. The Bertz CT molecular complexity index is 640. The summed E-state index contributed by atoms with van der Waals surface area (Å²) in [7, 11) is 0. The summed E-state index contributed by atoms with van der Waals surface area (Å²) in [6, 6.07) is 6.09. The summed E-state index contributed by atoms with van der Waals surface area (Å²) in [5.74, 6) is 0.603. The van der Waals surface area contributed by atoms with Crippen molar-refractivity contribution in [1.29, 1.82) is 0 Å². The van der Waals surface area contributed by atoms with E-state index >= 15 is 0 Å². The highest BCUT2D eigenvalue weighted by atomic mass is 35.5. The van der Waals surface area contributed by atoms with Crippen LogP contribution in [0.2, 0.25) is 0 Å². The number of allylic oxidation sites excluding steroid dienone is 2. The van der Waals surface area contributed by atoms with Crippen LogP contribution in [0.1, 0.15) is 36.8 Å². The van der Waals surface area contributed by atoms with Crippen molar-refractivity contribution in [2.24, 2.45) is 11.8 Å². The molecule has 4 atom stereocenters. The first kappa shape index (κ1) is 22.7. The van der Waals surface area contributed by atoms with E-state index in [0.29, 0.717) is 19.4 Å². The van der Waals surface area contributed by atoms with Crippen LogP contribution in [0.15, 0.2) is 30.4 Å². The van der Waals surface area contributed by atoms with Crippen LogP contribution in [0.4, 0.5) is 0 Å². The lowest BCUT2D eigenvalue weighted by Gasteiger charge is -2.23. The number of aliphatic hydroxyl groups excluding tert-OH is 2. The number of carbonyl (C=O) groups excluding carboxylic acids is 1. The van der Waals surface area contributed by atoms with Gasteiger partial charge < -0.3 is 19.7 Å². The number of benzene rings is 1. The Labute approximate surface area is 172 Å². The van der Waals surface area contributed by atoms with Gasteiger partial charge in [0.15, 0.2) is 0 Å². The Balaban J connectivity index is 1.84. The number of alkyl halides is 1. The number of carbonyl (C=O) groups is 1. The fourth-order valence-corrected chi connectivity index (χ4v) is 4.18. The molecule has 0 aromatic heterocycles. The second-order valence-corrected chi connectivity index (χ2v) is 8.03. The minimum absolute atomic E-state index is 0.0255. The zero-order valence-corrected chi connectivity index (χ0v) is 17.4. The number of ether oxygens (including phenoxy) is 2. The molecule has 1 aromatic rings. The Hall–Kier alpha value is -1.56. The first-order valence-electron chi connectivity index (χ1n) is 9.85. The minimum Gasteiger partial charge on any atom is -0.493 e. The molecular weight excluding hydrogens is 380 g/mol. The van der Waals surface area contributed by atoms with Crippen LogP contribution in [0, 0.1) is 25.7 Å². The lowest BCUT2D eigenvalue weighted by Crippen LogP contribution is -2.27. The third kappa shape index (κ3) is 7.12. The lowest BCUT2D eigenvalue weighted by molar-refractivity contribution is -0.144. The number of hydrogen-bond acceptors (Lipinski definition) is 5. The van der Waals surface area contributed by atoms with E-state index in [4.69, 9.17) is 26.2 Å². The van der Waals surface area contributed by atoms with Gasteiger partial charge in [0.25, 0.3) is 0 Å². The maximum atomic E-state index is 11.4. The van der Waals surface area contributed by atoms with Crippen molar-refractivity contribution in [2.75, 3.05) is 19.8 Å². The highest BCUT2D eigenvalue weighted by molar-refractivity contribution is 6.21. The molecule has 5 nitrogen and oxygen atoms in total. The highest BCUT2D eigenvalue weighted by Crippen LogP contribution is 2.39. The van der Waals surface area contributed by atoms with E-state index in [2.05, 4.69) is 6.07 Å². The first-order chi connectivity index (χ1) is 13.4. The van der Waals surface area contributed by atoms with Gasteiger partial charge in [-0.25, -0.2) is 0 Å². The van der Waals surface area contributed by atoms with Gasteiger partial charge in [0.2, 0.25) is 0 Å². The topological polar surface area (TPSA) is 76.0 Å². The van der Waals surface area contributed by atoms with Crippen molar-refractivity contribution in [1.82, 2.24) is 0 Å². The summed E-state index contributed by atoms with van der Waals surface area (Å²) >= 11 is 6.47. The zero-order chi connectivity index (χ0) is 20.5. The van der Waals surface area contributed by atoms with Gasteiger partial charge in [-0.1, -0.05) is 18.2 Å². The van der Waals surface area contributed by atoms with Crippen LogP contribution in [-0.2, 0) is 9.53 Å². The van der Waals surface area contributed by atoms with Gasteiger partial charge in [-0.05, 0) is 62.3 Å². The summed E-state index contributed by atoms with van der Waals surface area (Å²) < 4.78 is 10.8. The SMILES string of the molecule is Cc1cc(C)cc(OC[C@@H]2[C@@H](C/C=C\CCC(=O)OCCO)[C@H](Cl)C[C@H]2O)c1. The van der Waals surface area contributed by atoms with Crippen molar-refractivity contribution in [3.63, 3.8) is 0 Å². The van der Waals surface area contributed by atoms with E-state index in [1.165, 1.54) is 0 Å². The molecule has 0 spiro atoms. The molecule has 0 bridgehead atoms. The molecule has 0 saturated heterocycles. The predicted octanol–water partition coefficient (Wildman–Crippen LogP) is 3.55. The third-order valence-electron chi connectivity index (χ3n) is 5.06. The number of hydrogen-bond donors (Lipinski definition) is 2. The van der Waals surface area contributed by atoms with Gasteiger partial charge in [0.1, 0.15) is 12.4 Å². The molecule has 0 aliphatic heterocycles. The van der Waals surface area contributed by atoms with Gasteiger partial charge in [-0.3, -0.25) is 4.79 Å². The van der Waals surface area contributed by atoms with E-state index < -0.39 is 6.10 Å². The number of aryl methyl sites for hydroxylation is 2. The predicted molar refractivity (Wildman–Crippen MR) is 110 cm³/mol. The van der Waals surface area contributed by atoms with Crippen LogP contribution in [0.5, 0.6) is 5.75 Å². The van der Waals surface area contributed by atoms with Crippen molar-refractivity contribution in [3.8, 4) is 5.75 Å². The Kier molecular flexibility index (Phi) is 9.29. The summed E-state index contributed by atoms with van der Waals surface area (Å²) in [4.78, 5) is 11.4. The molecule has 2 rings (SSSR count). The Morgan fingerprint density at radius 3 is 2.61 bits per heavy atom. The molecule has 2 N–H and O–H groups in total. The van der Waals surface area contributed by atoms with Crippen molar-refractivity contribution in [3.05, 3.63) is 41.5 Å². The fraction of sp³-hybridized carbons (Fsp3) is 0.591. The smallest absolute Gasteiger partial charge is 0.306 e. The van der Waals surface area contributed by atoms with E-state index in [-0.39, 0.29) is 42.8 Å². The Morgan fingerprint density at radius 1 is 1.21 bits per heavy atom. The molecular formula is C22H31ClO5. The maximum Gasteiger partial charge on any atom is 0.306 e. The van der Waals surface area contributed by atoms with Crippen molar-refractivity contribution < 1.29 is 24.5 Å². The number of rotatable bonds is 10. The van der Waals surface area contributed by atoms with Gasteiger partial charge >= 0.3 is 5.97 Å². The molecule has 0 heterocycles. The van der Waals surface area contributed by atoms with Crippen molar-refractivity contribution in [2.45, 2.75) is 51.0 Å². The fourth-order valence-electron chi connectivity index (χ4n) is 3.70. The molecule has 156 valence electrons. The van der Waals surface area contributed by atoms with E-state index in [1.807, 2.05) is 38.1 Å². The number of halogens is 1. The second-order valence-electron chi connectivity index (χ2n) is 7.47. The van der Waals surface area contributed by atoms with Crippen LogP contribution in [0.3, 0.4) is 0 Å². The van der Waals surface area contributed by atoms with Gasteiger partial charge in [0.05, 0.1) is 19.3 Å². The van der Waals surface area contributed by atoms with E-state index in [0.717, 1.165) is 23.3 Å². The zero-order valence-electron chi connectivity index (χ0n) is 16.6. The van der Waals surface area contributed by atoms with Gasteiger partial charge in [-0.15, -0.1) is 11.6 Å². The molecule has 28 heavy (non-hydrogen) atoms. The molecule has 0 radical (unpaired) electrons. The summed E-state index contributed by atoms with van der Waals surface area (Å²) in [6.07, 6.45) is 5.65. The average molecular weight is 411 g/mol. The molecule has 6 heteroatoms. The molecule has 0 unspecified atom stereocenters. The number of aliphatic hydroxyl groups is 2. The van der Waals surface area contributed by atoms with Gasteiger partial charge in [0, 0.05) is 17.7 Å². The average Bonchev–Trinajstić information content (AvgIpc) is 2.90. The lowest BCUT2D eigenvalue weighted by atomic mass is 9.92. The van der Waals surface area contributed by atoms with Crippen LogP contribution >= 0.6 is 11.6 Å². The first-order valence-corrected chi connectivity index (χ1v) is 10.3. The van der Waals surface area contributed by atoms with Crippen LogP contribution in [-0.4, -0.2) is 47.5 Å². The minimum atomic E-state index is -0.472. The molecule has 1 aromatic carbocycles. The third-order valence-corrected chi connectivity index (χ3v) is 5.56. The summed E-state index contributed by atoms with van der Waals surface area (Å²) in [5.41, 5.74) is 2.29. The molecule has 1 fully saturated rings. The quantitative estimate of drug-likeness (QED) is 0.350. The molecule has 0 amide bonds.